The number of rotatable bonds is 2. The molecular weight excluding hydrogens is 264 g/mol. The van der Waals surface area contributed by atoms with Crippen LogP contribution in [0.3, 0.4) is 0 Å². The van der Waals surface area contributed by atoms with Gasteiger partial charge in [0.1, 0.15) is 5.82 Å². The van der Waals surface area contributed by atoms with Crippen LogP contribution in [0.15, 0.2) is 9.59 Å². The van der Waals surface area contributed by atoms with Crippen molar-refractivity contribution >= 4 is 11.2 Å². The van der Waals surface area contributed by atoms with Gasteiger partial charge in [-0.3, -0.25) is 13.9 Å². The van der Waals surface area contributed by atoms with Gasteiger partial charge in [-0.05, 0) is 6.92 Å². The minimum Gasteiger partial charge on any atom is -0.348 e. The van der Waals surface area contributed by atoms with Crippen molar-refractivity contribution in [1.82, 2.24) is 18.7 Å². The second kappa shape index (κ2) is 4.57. The number of ether oxygens (including phenoxy) is 2. The Kier molecular flexibility index (Phi) is 2.98. The molecule has 0 bridgehead atoms. The van der Waals surface area contributed by atoms with E-state index < -0.39 is 0 Å². The molecule has 2 aromatic rings. The van der Waals surface area contributed by atoms with Crippen molar-refractivity contribution < 1.29 is 9.47 Å². The molecule has 1 aliphatic heterocycles. The van der Waals surface area contributed by atoms with Crippen molar-refractivity contribution in [2.24, 2.45) is 14.1 Å². The fourth-order valence-corrected chi connectivity index (χ4v) is 2.44. The lowest BCUT2D eigenvalue weighted by Crippen LogP contribution is -2.37. The number of nitrogens with zero attached hydrogens (tertiary/aromatic N) is 4. The summed E-state index contributed by atoms with van der Waals surface area (Å²) >= 11 is 0. The molecule has 0 aromatic carbocycles. The normalized spacial score (nSPS) is 16.4. The van der Waals surface area contributed by atoms with E-state index in [1.165, 1.54) is 11.6 Å². The lowest BCUT2D eigenvalue weighted by Gasteiger charge is -2.12. The average molecular weight is 280 g/mol. The van der Waals surface area contributed by atoms with Gasteiger partial charge in [-0.25, -0.2) is 9.78 Å². The molecule has 1 aliphatic rings. The van der Waals surface area contributed by atoms with E-state index in [9.17, 15) is 9.59 Å². The zero-order valence-corrected chi connectivity index (χ0v) is 11.6. The van der Waals surface area contributed by atoms with Crippen molar-refractivity contribution in [2.75, 3.05) is 13.2 Å². The van der Waals surface area contributed by atoms with Crippen LogP contribution in [0.2, 0.25) is 0 Å². The third kappa shape index (κ3) is 1.80. The Hall–Kier alpha value is -1.93. The molecule has 0 radical (unpaired) electrons. The molecule has 1 saturated heterocycles. The second-order valence-electron chi connectivity index (χ2n) is 4.82. The van der Waals surface area contributed by atoms with Crippen molar-refractivity contribution in [2.45, 2.75) is 19.8 Å². The highest BCUT2D eigenvalue weighted by Gasteiger charge is 2.22. The van der Waals surface area contributed by atoms with Crippen molar-refractivity contribution in [3.8, 4) is 0 Å². The zero-order chi connectivity index (χ0) is 14.4. The molecule has 0 atom stereocenters. The van der Waals surface area contributed by atoms with Gasteiger partial charge in [-0.15, -0.1) is 0 Å². The quantitative estimate of drug-likeness (QED) is 0.713. The summed E-state index contributed by atoms with van der Waals surface area (Å²) in [4.78, 5) is 28.5. The first kappa shape index (κ1) is 13.1. The Morgan fingerprint density at radius 3 is 2.50 bits per heavy atom. The van der Waals surface area contributed by atoms with Crippen molar-refractivity contribution in [3.63, 3.8) is 0 Å². The summed E-state index contributed by atoms with van der Waals surface area (Å²) in [5, 5.41) is 0. The Balaban J connectivity index is 2.24. The maximum Gasteiger partial charge on any atom is 0.332 e. The van der Waals surface area contributed by atoms with E-state index in [2.05, 4.69) is 4.98 Å². The molecule has 0 unspecified atom stereocenters. The van der Waals surface area contributed by atoms with Gasteiger partial charge < -0.3 is 14.0 Å². The molecule has 0 aliphatic carbocycles. The van der Waals surface area contributed by atoms with Crippen molar-refractivity contribution in [1.29, 1.82) is 0 Å². The predicted octanol–water partition coefficient (Wildman–Crippen LogP) is -0.885. The summed E-state index contributed by atoms with van der Waals surface area (Å²) in [5.74, 6) is 0.650. The molecule has 108 valence electrons. The Morgan fingerprint density at radius 1 is 1.20 bits per heavy atom. The third-order valence-electron chi connectivity index (χ3n) is 3.56. The molecule has 3 rings (SSSR count). The van der Waals surface area contributed by atoms with Gasteiger partial charge in [0.2, 0.25) is 0 Å². The molecule has 1 fully saturated rings. The lowest BCUT2D eigenvalue weighted by atomic mass is 10.4. The lowest BCUT2D eigenvalue weighted by molar-refractivity contribution is -0.0521. The van der Waals surface area contributed by atoms with Crippen molar-refractivity contribution in [3.05, 3.63) is 26.7 Å². The number of imidazole rings is 1. The molecule has 0 amide bonds. The van der Waals surface area contributed by atoms with Gasteiger partial charge in [0.25, 0.3) is 5.56 Å². The van der Waals surface area contributed by atoms with E-state index in [0.717, 1.165) is 4.57 Å². The maximum absolute atomic E-state index is 12.3. The van der Waals surface area contributed by atoms with Crippen LogP contribution in [-0.4, -0.2) is 38.2 Å². The highest BCUT2D eigenvalue weighted by molar-refractivity contribution is 5.70. The van der Waals surface area contributed by atoms with E-state index in [1.807, 2.05) is 0 Å². The van der Waals surface area contributed by atoms with E-state index in [4.69, 9.17) is 9.47 Å². The SMILES string of the molecule is Cc1nc2c(c(=O)n(C)c(=O)n2C)n1CC1OCCO1. The number of fused-ring (bicyclic) bond motifs is 1. The van der Waals surface area contributed by atoms with Crippen LogP contribution in [0.4, 0.5) is 0 Å². The Labute approximate surface area is 114 Å². The van der Waals surface area contributed by atoms with E-state index in [-0.39, 0.29) is 17.5 Å². The third-order valence-corrected chi connectivity index (χ3v) is 3.56. The summed E-state index contributed by atoms with van der Waals surface area (Å²) in [6.45, 7) is 3.27. The molecule has 3 heterocycles. The van der Waals surface area contributed by atoms with Crippen LogP contribution in [0.1, 0.15) is 5.82 Å². The zero-order valence-electron chi connectivity index (χ0n) is 11.6. The topological polar surface area (TPSA) is 80.3 Å². The Bertz CT molecular complexity index is 779. The van der Waals surface area contributed by atoms with E-state index in [0.29, 0.717) is 36.7 Å². The smallest absolute Gasteiger partial charge is 0.332 e. The average Bonchev–Trinajstić information content (AvgIpc) is 3.04. The molecule has 0 saturated carbocycles. The summed E-state index contributed by atoms with van der Waals surface area (Å²) < 4.78 is 15.0. The first-order valence-corrected chi connectivity index (χ1v) is 6.36. The first-order chi connectivity index (χ1) is 9.50. The molecule has 0 spiro atoms. The Morgan fingerprint density at radius 2 is 1.85 bits per heavy atom. The molecular formula is C12H16N4O4. The number of aromatic nitrogens is 4. The number of hydrogen-bond acceptors (Lipinski definition) is 5. The summed E-state index contributed by atoms with van der Waals surface area (Å²) in [5.41, 5.74) is 0.0296. The highest BCUT2D eigenvalue weighted by atomic mass is 16.7. The number of hydrogen-bond donors (Lipinski definition) is 0. The van der Waals surface area contributed by atoms with Crippen LogP contribution < -0.4 is 11.2 Å². The van der Waals surface area contributed by atoms with Crippen LogP contribution in [0.25, 0.3) is 11.2 Å². The minimum absolute atomic E-state index is 0.360. The monoisotopic (exact) mass is 280 g/mol. The van der Waals surface area contributed by atoms with Gasteiger partial charge in [0.05, 0.1) is 19.8 Å². The minimum atomic E-state index is -0.388. The van der Waals surface area contributed by atoms with Gasteiger partial charge in [0, 0.05) is 14.1 Å². The van der Waals surface area contributed by atoms with Crippen LogP contribution in [-0.2, 0) is 30.1 Å². The molecule has 20 heavy (non-hydrogen) atoms. The first-order valence-electron chi connectivity index (χ1n) is 6.36. The fourth-order valence-electron chi connectivity index (χ4n) is 2.44. The molecule has 0 N–H and O–H groups in total. The summed E-state index contributed by atoms with van der Waals surface area (Å²) in [6.07, 6.45) is -0.381. The van der Waals surface area contributed by atoms with Gasteiger partial charge >= 0.3 is 5.69 Å². The standard InChI is InChI=1S/C12H16N4O4/c1-7-13-10-9(11(17)15(3)12(18)14(10)2)16(7)6-8-19-4-5-20-8/h8H,4-6H2,1-3H3. The molecule has 8 nitrogen and oxygen atoms in total. The molecule has 2 aromatic heterocycles. The van der Waals surface area contributed by atoms with Crippen LogP contribution in [0.5, 0.6) is 0 Å². The van der Waals surface area contributed by atoms with E-state index >= 15 is 0 Å². The summed E-state index contributed by atoms with van der Waals surface area (Å²) in [7, 11) is 3.06. The van der Waals surface area contributed by atoms with Gasteiger partial charge in [-0.1, -0.05) is 0 Å². The van der Waals surface area contributed by atoms with Gasteiger partial charge in [-0.2, -0.15) is 0 Å². The maximum atomic E-state index is 12.3. The van der Waals surface area contributed by atoms with E-state index in [1.54, 1.807) is 18.5 Å². The number of aryl methyl sites for hydroxylation is 2. The molecule has 8 heteroatoms. The summed E-state index contributed by atoms with van der Waals surface area (Å²) in [6, 6.07) is 0. The predicted molar refractivity (Wildman–Crippen MR) is 70.6 cm³/mol. The van der Waals surface area contributed by atoms with Crippen LogP contribution in [0, 0.1) is 6.92 Å². The largest absolute Gasteiger partial charge is 0.348 e. The van der Waals surface area contributed by atoms with Crippen LogP contribution >= 0.6 is 0 Å². The second-order valence-corrected chi connectivity index (χ2v) is 4.82. The fraction of sp³-hybridized carbons (Fsp3) is 0.583. The van der Waals surface area contributed by atoms with Gasteiger partial charge in [0.15, 0.2) is 17.5 Å². The highest BCUT2D eigenvalue weighted by Crippen LogP contribution is 2.14.